The van der Waals surface area contributed by atoms with E-state index in [9.17, 15) is 13.2 Å². The van der Waals surface area contributed by atoms with Gasteiger partial charge in [0, 0.05) is 18.7 Å². The van der Waals surface area contributed by atoms with Crippen LogP contribution in [0.5, 0.6) is 0 Å². The van der Waals surface area contributed by atoms with E-state index in [2.05, 4.69) is 17.4 Å². The molecule has 6 heteroatoms. The lowest BCUT2D eigenvalue weighted by Gasteiger charge is -2.27. The summed E-state index contributed by atoms with van der Waals surface area (Å²) in [4.78, 5) is 13.2. The minimum atomic E-state index is -3.58. The fourth-order valence-corrected chi connectivity index (χ4v) is 6.18. The van der Waals surface area contributed by atoms with Crippen LogP contribution in [0.15, 0.2) is 47.4 Å². The summed E-state index contributed by atoms with van der Waals surface area (Å²) in [5, 5.41) is 3.12. The van der Waals surface area contributed by atoms with E-state index in [1.165, 1.54) is 11.1 Å². The monoisotopic (exact) mass is 412 g/mol. The number of carbonyl (C=O) groups excluding carboxylic acids is 1. The highest BCUT2D eigenvalue weighted by molar-refractivity contribution is 7.89. The van der Waals surface area contributed by atoms with Crippen molar-refractivity contribution < 1.29 is 13.2 Å². The van der Waals surface area contributed by atoms with Crippen LogP contribution in [0.3, 0.4) is 0 Å². The number of hydrogen-bond donors (Lipinski definition) is 1. The molecule has 2 aliphatic rings. The predicted octanol–water partition coefficient (Wildman–Crippen LogP) is 3.98. The molecule has 0 bridgehead atoms. The molecule has 1 saturated heterocycles. The van der Waals surface area contributed by atoms with Gasteiger partial charge in [-0.2, -0.15) is 4.31 Å². The summed E-state index contributed by atoms with van der Waals surface area (Å²) < 4.78 is 27.8. The van der Waals surface area contributed by atoms with Crippen LogP contribution in [0.4, 0.5) is 0 Å². The summed E-state index contributed by atoms with van der Waals surface area (Å²) in [5.74, 6) is -0.221. The van der Waals surface area contributed by atoms with E-state index in [0.29, 0.717) is 24.2 Å². The Morgan fingerprint density at radius 3 is 2.59 bits per heavy atom. The van der Waals surface area contributed by atoms with E-state index in [0.717, 1.165) is 38.5 Å². The predicted molar refractivity (Wildman–Crippen MR) is 113 cm³/mol. The van der Waals surface area contributed by atoms with E-state index in [1.54, 1.807) is 29.4 Å². The normalized spacial score (nSPS) is 20.1. The van der Waals surface area contributed by atoms with Gasteiger partial charge in [0.25, 0.3) is 5.91 Å². The fourth-order valence-electron chi connectivity index (χ4n) is 4.41. The molecular formula is C23H28N2O3S. The lowest BCUT2D eigenvalue weighted by Crippen LogP contribution is -2.36. The first-order chi connectivity index (χ1) is 14.0. The number of amides is 1. The second-order valence-electron chi connectivity index (χ2n) is 8.06. The molecule has 0 unspecified atom stereocenters. The van der Waals surface area contributed by atoms with Crippen LogP contribution < -0.4 is 5.32 Å². The molecule has 0 spiro atoms. The lowest BCUT2D eigenvalue weighted by molar-refractivity contribution is 0.0932. The molecule has 0 aromatic heterocycles. The molecule has 4 rings (SSSR count). The molecule has 1 heterocycles. The van der Waals surface area contributed by atoms with Gasteiger partial charge in [-0.05, 0) is 67.9 Å². The van der Waals surface area contributed by atoms with Crippen LogP contribution in [0.25, 0.3) is 0 Å². The number of aryl methyl sites for hydroxylation is 2. The summed E-state index contributed by atoms with van der Waals surface area (Å²) >= 11 is 0. The number of sulfonamides is 1. The third-order valence-electron chi connectivity index (χ3n) is 6.06. The number of nitrogens with zero attached hydrogens (tertiary/aromatic N) is 1. The second-order valence-corrected chi connectivity index (χ2v) is 9.97. The van der Waals surface area contributed by atoms with Gasteiger partial charge in [0.15, 0.2) is 0 Å². The van der Waals surface area contributed by atoms with Crippen molar-refractivity contribution in [3.05, 3.63) is 64.7 Å². The van der Waals surface area contributed by atoms with Crippen LogP contribution in [0, 0.1) is 6.92 Å². The van der Waals surface area contributed by atoms with Crippen LogP contribution in [0.2, 0.25) is 0 Å². The first kappa shape index (κ1) is 20.1. The molecule has 1 aliphatic heterocycles. The molecule has 1 fully saturated rings. The average Bonchev–Trinajstić information content (AvgIpc) is 2.75. The summed E-state index contributed by atoms with van der Waals surface area (Å²) in [6.07, 6.45) is 5.80. The average molecular weight is 413 g/mol. The molecule has 2 aromatic carbocycles. The quantitative estimate of drug-likeness (QED) is 0.826. The van der Waals surface area contributed by atoms with Crippen molar-refractivity contribution in [3.8, 4) is 0 Å². The molecule has 154 valence electrons. The van der Waals surface area contributed by atoms with Crippen molar-refractivity contribution in [2.45, 2.75) is 56.4 Å². The lowest BCUT2D eigenvalue weighted by atomic mass is 9.87. The Morgan fingerprint density at radius 1 is 1.03 bits per heavy atom. The second kappa shape index (κ2) is 8.28. The largest absolute Gasteiger partial charge is 0.345 e. The maximum atomic E-state index is 13.1. The van der Waals surface area contributed by atoms with E-state index in [4.69, 9.17) is 0 Å². The van der Waals surface area contributed by atoms with E-state index >= 15 is 0 Å². The summed E-state index contributed by atoms with van der Waals surface area (Å²) in [6, 6.07) is 13.2. The molecule has 5 nitrogen and oxygen atoms in total. The third-order valence-corrected chi connectivity index (χ3v) is 8.10. The molecule has 0 radical (unpaired) electrons. The Morgan fingerprint density at radius 2 is 1.79 bits per heavy atom. The van der Waals surface area contributed by atoms with Crippen molar-refractivity contribution in [1.82, 2.24) is 9.62 Å². The zero-order valence-electron chi connectivity index (χ0n) is 16.9. The Kier molecular flexibility index (Phi) is 5.74. The number of hydrogen-bond acceptors (Lipinski definition) is 3. The Balaban J connectivity index is 1.58. The highest BCUT2D eigenvalue weighted by Gasteiger charge is 2.28. The highest BCUT2D eigenvalue weighted by atomic mass is 32.2. The van der Waals surface area contributed by atoms with Gasteiger partial charge in [0.1, 0.15) is 0 Å². The van der Waals surface area contributed by atoms with Crippen LogP contribution in [-0.4, -0.2) is 31.7 Å². The maximum absolute atomic E-state index is 13.1. The number of fused-ring (bicyclic) bond motifs is 1. The van der Waals surface area contributed by atoms with Gasteiger partial charge in [-0.15, -0.1) is 0 Å². The van der Waals surface area contributed by atoms with Gasteiger partial charge in [-0.3, -0.25) is 4.79 Å². The first-order valence-electron chi connectivity index (χ1n) is 10.5. The Hall–Kier alpha value is -2.18. The van der Waals surface area contributed by atoms with Gasteiger partial charge >= 0.3 is 0 Å². The molecule has 1 aliphatic carbocycles. The Labute approximate surface area is 173 Å². The van der Waals surface area contributed by atoms with Gasteiger partial charge < -0.3 is 5.32 Å². The zero-order chi connectivity index (χ0) is 20.4. The number of benzene rings is 2. The van der Waals surface area contributed by atoms with Crippen molar-refractivity contribution in [3.63, 3.8) is 0 Å². The fraction of sp³-hybridized carbons (Fsp3) is 0.435. The third kappa shape index (κ3) is 4.09. The van der Waals surface area contributed by atoms with Crippen LogP contribution in [-0.2, 0) is 16.4 Å². The summed E-state index contributed by atoms with van der Waals surface area (Å²) in [7, 11) is -3.58. The molecule has 0 saturated carbocycles. The highest BCUT2D eigenvalue weighted by Crippen LogP contribution is 2.30. The smallest absolute Gasteiger partial charge is 0.251 e. The zero-order valence-corrected chi connectivity index (χ0v) is 17.7. The number of piperidine rings is 1. The van der Waals surface area contributed by atoms with Gasteiger partial charge in [-0.25, -0.2) is 8.42 Å². The van der Waals surface area contributed by atoms with E-state index < -0.39 is 10.0 Å². The van der Waals surface area contributed by atoms with Crippen LogP contribution >= 0.6 is 0 Å². The van der Waals surface area contributed by atoms with Gasteiger partial charge in [-0.1, -0.05) is 36.8 Å². The Bertz CT molecular complexity index is 1010. The number of rotatable bonds is 4. The minimum absolute atomic E-state index is 0.0316. The molecular weight excluding hydrogens is 384 g/mol. The van der Waals surface area contributed by atoms with Gasteiger partial charge in [0.2, 0.25) is 10.0 Å². The number of carbonyl (C=O) groups is 1. The molecule has 1 amide bonds. The first-order valence-corrected chi connectivity index (χ1v) is 11.9. The van der Waals surface area contributed by atoms with E-state index in [1.807, 2.05) is 12.1 Å². The SMILES string of the molecule is Cc1ccc(C(=O)N[C@@H]2CCCc3ccccc32)cc1S(=O)(=O)N1CCCCC1. The van der Waals surface area contributed by atoms with Crippen molar-refractivity contribution in [2.75, 3.05) is 13.1 Å². The molecule has 2 aromatic rings. The van der Waals surface area contributed by atoms with E-state index in [-0.39, 0.29) is 16.8 Å². The molecule has 29 heavy (non-hydrogen) atoms. The topological polar surface area (TPSA) is 66.5 Å². The molecule has 1 atom stereocenters. The van der Waals surface area contributed by atoms with Crippen molar-refractivity contribution in [2.24, 2.45) is 0 Å². The minimum Gasteiger partial charge on any atom is -0.345 e. The van der Waals surface area contributed by atoms with Crippen molar-refractivity contribution >= 4 is 15.9 Å². The van der Waals surface area contributed by atoms with Gasteiger partial charge in [0.05, 0.1) is 10.9 Å². The molecule has 1 N–H and O–H groups in total. The van der Waals surface area contributed by atoms with Crippen molar-refractivity contribution in [1.29, 1.82) is 0 Å². The summed E-state index contributed by atoms with van der Waals surface area (Å²) in [6.45, 7) is 2.89. The standard InChI is InChI=1S/C23H28N2O3S/c1-17-12-13-19(16-22(17)29(27,28)25-14-5-2-6-15-25)23(26)24-21-11-7-9-18-8-3-4-10-20(18)21/h3-4,8,10,12-13,16,21H,2,5-7,9,11,14-15H2,1H3,(H,24,26)/t21-/m1/s1. The number of nitrogens with one attached hydrogen (secondary N) is 1. The van der Waals surface area contributed by atoms with Crippen LogP contribution in [0.1, 0.15) is 65.2 Å². The maximum Gasteiger partial charge on any atom is 0.251 e. The summed E-state index contributed by atoms with van der Waals surface area (Å²) in [5.41, 5.74) is 3.52.